The van der Waals surface area contributed by atoms with Crippen LogP contribution in [-0.2, 0) is 28.6 Å². The maximum Gasteiger partial charge on any atom is 0.306 e. The van der Waals surface area contributed by atoms with E-state index in [2.05, 4.69) is 45.1 Å². The minimum atomic E-state index is -0.773. The SMILES string of the molecule is CCCCCCC/C=C\CCCCCCCC(=O)OCC(COC(=O)CCCCCCCCCCCCCCCCCCCCCC)OC(=O)CCCCCCCCCCC/C=C\CCCCCCCC. The van der Waals surface area contributed by atoms with Crippen molar-refractivity contribution in [1.82, 2.24) is 0 Å². The molecule has 6 heteroatoms. The molecule has 1 unspecified atom stereocenters. The zero-order valence-corrected chi connectivity index (χ0v) is 48.0. The molecule has 0 saturated carbocycles. The second kappa shape index (κ2) is 60.4. The molecule has 0 spiro atoms. The highest BCUT2D eigenvalue weighted by Gasteiger charge is 2.19. The molecular weight excluding hydrogens is 877 g/mol. The monoisotopic (exact) mass is 999 g/mol. The van der Waals surface area contributed by atoms with Crippen molar-refractivity contribution < 1.29 is 28.6 Å². The second-order valence-electron chi connectivity index (χ2n) is 21.7. The first kappa shape index (κ1) is 68.9. The minimum Gasteiger partial charge on any atom is -0.462 e. The molecule has 0 rings (SSSR count). The van der Waals surface area contributed by atoms with Crippen LogP contribution in [0.2, 0.25) is 0 Å². The minimum absolute atomic E-state index is 0.0696. The molecule has 0 bridgehead atoms. The third-order valence-corrected chi connectivity index (χ3v) is 14.4. The van der Waals surface area contributed by atoms with Gasteiger partial charge in [-0.2, -0.15) is 0 Å². The van der Waals surface area contributed by atoms with Gasteiger partial charge in [0.1, 0.15) is 13.2 Å². The van der Waals surface area contributed by atoms with E-state index in [4.69, 9.17) is 14.2 Å². The van der Waals surface area contributed by atoms with Crippen LogP contribution < -0.4 is 0 Å². The Morgan fingerprint density at radius 3 is 0.704 bits per heavy atom. The summed E-state index contributed by atoms with van der Waals surface area (Å²) in [5.74, 6) is -0.855. The van der Waals surface area contributed by atoms with Crippen LogP contribution in [0.5, 0.6) is 0 Å². The van der Waals surface area contributed by atoms with Crippen molar-refractivity contribution in [2.24, 2.45) is 0 Å². The average molecular weight is 1000 g/mol. The smallest absolute Gasteiger partial charge is 0.306 e. The van der Waals surface area contributed by atoms with Crippen LogP contribution in [0.15, 0.2) is 24.3 Å². The summed E-state index contributed by atoms with van der Waals surface area (Å²) in [6, 6.07) is 0. The van der Waals surface area contributed by atoms with E-state index in [-0.39, 0.29) is 31.1 Å². The molecule has 0 fully saturated rings. The number of unbranched alkanes of at least 4 members (excludes halogenated alkanes) is 44. The zero-order chi connectivity index (χ0) is 51.4. The fraction of sp³-hybridized carbons (Fsp3) is 0.892. The van der Waals surface area contributed by atoms with Crippen LogP contribution in [0.4, 0.5) is 0 Å². The molecule has 0 amide bonds. The van der Waals surface area contributed by atoms with Crippen LogP contribution in [0.25, 0.3) is 0 Å². The van der Waals surface area contributed by atoms with Gasteiger partial charge in [-0.25, -0.2) is 0 Å². The Kier molecular flexibility index (Phi) is 58.6. The lowest BCUT2D eigenvalue weighted by Gasteiger charge is -2.18. The average Bonchev–Trinajstić information content (AvgIpc) is 3.37. The first-order valence-electron chi connectivity index (χ1n) is 31.8. The first-order chi connectivity index (χ1) is 35.0. The molecule has 0 aliphatic heterocycles. The van der Waals surface area contributed by atoms with Gasteiger partial charge in [-0.3, -0.25) is 14.4 Å². The van der Waals surface area contributed by atoms with E-state index in [0.717, 1.165) is 64.2 Å². The summed E-state index contributed by atoms with van der Waals surface area (Å²) in [7, 11) is 0. The topological polar surface area (TPSA) is 78.9 Å². The Hall–Kier alpha value is -2.11. The summed E-state index contributed by atoms with van der Waals surface area (Å²) >= 11 is 0. The van der Waals surface area contributed by atoms with Crippen LogP contribution in [0.3, 0.4) is 0 Å². The molecule has 418 valence electrons. The lowest BCUT2D eigenvalue weighted by Crippen LogP contribution is -2.30. The van der Waals surface area contributed by atoms with Crippen LogP contribution in [0.1, 0.15) is 355 Å². The van der Waals surface area contributed by atoms with Gasteiger partial charge in [0.15, 0.2) is 6.10 Å². The lowest BCUT2D eigenvalue weighted by atomic mass is 10.0. The molecule has 0 saturated heterocycles. The van der Waals surface area contributed by atoms with Gasteiger partial charge in [0, 0.05) is 19.3 Å². The molecule has 0 N–H and O–H groups in total. The fourth-order valence-electron chi connectivity index (χ4n) is 9.61. The summed E-state index contributed by atoms with van der Waals surface area (Å²) in [5, 5.41) is 0. The highest BCUT2D eigenvalue weighted by molar-refractivity contribution is 5.71. The number of ether oxygens (including phenoxy) is 3. The molecule has 0 heterocycles. The highest BCUT2D eigenvalue weighted by Crippen LogP contribution is 2.17. The number of rotatable bonds is 59. The summed E-state index contributed by atoms with van der Waals surface area (Å²) in [6.45, 7) is 6.68. The van der Waals surface area contributed by atoms with Gasteiger partial charge >= 0.3 is 17.9 Å². The van der Waals surface area contributed by atoms with Gasteiger partial charge in [-0.05, 0) is 70.6 Å². The Morgan fingerprint density at radius 1 is 0.268 bits per heavy atom. The van der Waals surface area contributed by atoms with Gasteiger partial charge < -0.3 is 14.2 Å². The van der Waals surface area contributed by atoms with Crippen molar-refractivity contribution in [2.45, 2.75) is 361 Å². The first-order valence-corrected chi connectivity index (χ1v) is 31.8. The Balaban J connectivity index is 4.30. The van der Waals surface area contributed by atoms with Gasteiger partial charge in [0.05, 0.1) is 0 Å². The summed E-state index contributed by atoms with van der Waals surface area (Å²) in [6.07, 6.45) is 71.8. The molecule has 0 aromatic heterocycles. The van der Waals surface area contributed by atoms with E-state index < -0.39 is 6.10 Å². The van der Waals surface area contributed by atoms with Gasteiger partial charge in [0.25, 0.3) is 0 Å². The van der Waals surface area contributed by atoms with Crippen LogP contribution >= 0.6 is 0 Å². The van der Waals surface area contributed by atoms with Crippen molar-refractivity contribution >= 4 is 17.9 Å². The maximum atomic E-state index is 12.9. The number of carbonyl (C=O) groups is 3. The van der Waals surface area contributed by atoms with E-state index >= 15 is 0 Å². The molecule has 71 heavy (non-hydrogen) atoms. The molecule has 0 aromatic rings. The molecule has 1 atom stereocenters. The van der Waals surface area contributed by atoms with Gasteiger partial charge in [0.2, 0.25) is 0 Å². The molecule has 6 nitrogen and oxygen atoms in total. The predicted octanol–water partition coefficient (Wildman–Crippen LogP) is 21.4. The molecule has 0 radical (unpaired) electrons. The summed E-state index contributed by atoms with van der Waals surface area (Å²) < 4.78 is 16.9. The highest BCUT2D eigenvalue weighted by atomic mass is 16.6. The third-order valence-electron chi connectivity index (χ3n) is 14.4. The second-order valence-corrected chi connectivity index (χ2v) is 21.7. The van der Waals surface area contributed by atoms with Crippen molar-refractivity contribution in [2.75, 3.05) is 13.2 Å². The number of hydrogen-bond donors (Lipinski definition) is 0. The lowest BCUT2D eigenvalue weighted by molar-refractivity contribution is -0.167. The standard InChI is InChI=1S/C65H122O6/c1-4-7-10-13-16-19-22-25-28-30-32-34-35-37-40-43-46-49-52-55-58-64(67)70-61-62(60-69-63(66)57-54-51-48-45-42-39-27-24-21-18-15-12-9-6-3)71-65(68)59-56-53-50-47-44-41-38-36-33-31-29-26-23-20-17-14-11-8-5-2/h24,26-27,29,62H,4-23,25,28,30-61H2,1-3H3/b27-24-,29-26-. The van der Waals surface area contributed by atoms with E-state index in [1.54, 1.807) is 0 Å². The Bertz CT molecular complexity index is 1150. The van der Waals surface area contributed by atoms with E-state index in [0.29, 0.717) is 19.3 Å². The van der Waals surface area contributed by atoms with Crippen molar-refractivity contribution in [3.63, 3.8) is 0 Å². The van der Waals surface area contributed by atoms with Crippen molar-refractivity contribution in [1.29, 1.82) is 0 Å². The van der Waals surface area contributed by atoms with Crippen molar-refractivity contribution in [3.05, 3.63) is 24.3 Å². The van der Waals surface area contributed by atoms with E-state index in [9.17, 15) is 14.4 Å². The van der Waals surface area contributed by atoms with Gasteiger partial charge in [-0.1, -0.05) is 289 Å². The molecule has 0 aromatic carbocycles. The van der Waals surface area contributed by atoms with E-state index in [1.165, 1.54) is 250 Å². The molecule has 0 aliphatic rings. The zero-order valence-electron chi connectivity index (χ0n) is 48.0. The number of hydrogen-bond acceptors (Lipinski definition) is 6. The number of allylic oxidation sites excluding steroid dienone is 4. The van der Waals surface area contributed by atoms with Crippen LogP contribution in [-0.4, -0.2) is 37.2 Å². The fourth-order valence-corrected chi connectivity index (χ4v) is 9.61. The summed E-state index contributed by atoms with van der Waals surface area (Å²) in [5.41, 5.74) is 0. The number of esters is 3. The normalized spacial score (nSPS) is 12.1. The van der Waals surface area contributed by atoms with Crippen LogP contribution in [0, 0.1) is 0 Å². The Labute approximate surface area is 443 Å². The van der Waals surface area contributed by atoms with Crippen molar-refractivity contribution in [3.8, 4) is 0 Å². The largest absolute Gasteiger partial charge is 0.462 e. The maximum absolute atomic E-state index is 12.9. The van der Waals surface area contributed by atoms with Gasteiger partial charge in [-0.15, -0.1) is 0 Å². The third kappa shape index (κ3) is 58.7. The Morgan fingerprint density at radius 2 is 0.465 bits per heavy atom. The van der Waals surface area contributed by atoms with E-state index in [1.807, 2.05) is 0 Å². The molecular formula is C65H122O6. The predicted molar refractivity (Wildman–Crippen MR) is 307 cm³/mol. The number of carbonyl (C=O) groups excluding carboxylic acids is 3. The molecule has 0 aliphatic carbocycles. The summed E-state index contributed by atoms with van der Waals surface area (Å²) in [4.78, 5) is 38.3. The quantitative estimate of drug-likeness (QED) is 0.0261.